The fourth-order valence-electron chi connectivity index (χ4n) is 3.11. The van der Waals surface area contributed by atoms with E-state index in [1.165, 1.54) is 54.4 Å². The Morgan fingerprint density at radius 1 is 0.696 bits per heavy atom. The summed E-state index contributed by atoms with van der Waals surface area (Å²) in [4.78, 5) is 0. The number of benzene rings is 2. The van der Waals surface area contributed by atoms with Gasteiger partial charge >= 0.3 is 0 Å². The molecular weight excluding hydrogens is 276 g/mol. The lowest BCUT2D eigenvalue weighted by molar-refractivity contribution is 0.556. The van der Waals surface area contributed by atoms with Crippen molar-refractivity contribution in [3.63, 3.8) is 0 Å². The quantitative estimate of drug-likeness (QED) is 0.502. The highest BCUT2D eigenvalue weighted by atomic mass is 14.1. The van der Waals surface area contributed by atoms with E-state index in [1.54, 1.807) is 0 Å². The minimum absolute atomic E-state index is 0.817. The van der Waals surface area contributed by atoms with Crippen molar-refractivity contribution in [3.8, 4) is 0 Å². The molecule has 0 radical (unpaired) electrons. The first kappa shape index (κ1) is 17.8. The van der Waals surface area contributed by atoms with Crippen LogP contribution in [-0.4, -0.2) is 0 Å². The van der Waals surface area contributed by atoms with E-state index >= 15 is 0 Å². The summed E-state index contributed by atoms with van der Waals surface area (Å²) in [5, 5.41) is 0. The summed E-state index contributed by atoms with van der Waals surface area (Å²) in [6.45, 7) is 6.85. The van der Waals surface area contributed by atoms with Crippen LogP contribution in [0.3, 0.4) is 0 Å². The lowest BCUT2D eigenvalue weighted by Crippen LogP contribution is -1.94. The molecule has 2 aromatic rings. The zero-order chi connectivity index (χ0) is 16.5. The summed E-state index contributed by atoms with van der Waals surface area (Å²) in [6.07, 6.45) is 8.56. The standard InChI is InChI=1S/C23H32/c1-4-7-22-10-6-11-23(18-22)17-16-21-14-12-20(13-15-21)9-5-8-19(2)3/h6,10-15,18-19H,4-5,7-9,16-17H2,1-3H3. The largest absolute Gasteiger partial charge is 0.0651 e. The molecule has 0 bridgehead atoms. The van der Waals surface area contributed by atoms with Crippen molar-refractivity contribution in [3.05, 3.63) is 70.8 Å². The van der Waals surface area contributed by atoms with Crippen LogP contribution in [0, 0.1) is 5.92 Å². The summed E-state index contributed by atoms with van der Waals surface area (Å²) < 4.78 is 0. The van der Waals surface area contributed by atoms with Gasteiger partial charge in [0, 0.05) is 0 Å². The molecule has 0 spiro atoms. The molecule has 0 saturated heterocycles. The van der Waals surface area contributed by atoms with Crippen LogP contribution in [0.4, 0.5) is 0 Å². The van der Waals surface area contributed by atoms with Crippen LogP contribution in [-0.2, 0) is 25.7 Å². The van der Waals surface area contributed by atoms with E-state index in [9.17, 15) is 0 Å². The van der Waals surface area contributed by atoms with E-state index in [2.05, 4.69) is 69.3 Å². The Bertz CT molecular complexity index is 563. The minimum atomic E-state index is 0.817. The van der Waals surface area contributed by atoms with Crippen molar-refractivity contribution < 1.29 is 0 Å². The molecule has 23 heavy (non-hydrogen) atoms. The summed E-state index contributed by atoms with van der Waals surface area (Å²) in [6, 6.07) is 18.4. The second-order valence-electron chi connectivity index (χ2n) is 7.17. The van der Waals surface area contributed by atoms with Crippen molar-refractivity contribution >= 4 is 0 Å². The zero-order valence-electron chi connectivity index (χ0n) is 15.1. The third kappa shape index (κ3) is 6.60. The molecule has 0 nitrogen and oxygen atoms in total. The molecule has 0 unspecified atom stereocenters. The number of hydrogen-bond acceptors (Lipinski definition) is 0. The van der Waals surface area contributed by atoms with Gasteiger partial charge in [0.2, 0.25) is 0 Å². The fourth-order valence-corrected chi connectivity index (χ4v) is 3.11. The highest BCUT2D eigenvalue weighted by Gasteiger charge is 2.00. The maximum absolute atomic E-state index is 2.38. The molecule has 0 heteroatoms. The molecular formula is C23H32. The summed E-state index contributed by atoms with van der Waals surface area (Å²) >= 11 is 0. The van der Waals surface area contributed by atoms with E-state index in [1.807, 2.05) is 0 Å². The van der Waals surface area contributed by atoms with Crippen LogP contribution < -0.4 is 0 Å². The van der Waals surface area contributed by atoms with E-state index in [0.717, 1.165) is 18.8 Å². The van der Waals surface area contributed by atoms with Crippen LogP contribution in [0.2, 0.25) is 0 Å². The van der Waals surface area contributed by atoms with Gasteiger partial charge in [0.1, 0.15) is 0 Å². The first-order valence-corrected chi connectivity index (χ1v) is 9.33. The average Bonchev–Trinajstić information content (AvgIpc) is 2.54. The Hall–Kier alpha value is -1.56. The molecule has 0 heterocycles. The van der Waals surface area contributed by atoms with E-state index in [0.29, 0.717) is 0 Å². The van der Waals surface area contributed by atoms with Crippen LogP contribution in [0.5, 0.6) is 0 Å². The van der Waals surface area contributed by atoms with Crippen molar-refractivity contribution in [2.75, 3.05) is 0 Å². The van der Waals surface area contributed by atoms with E-state index < -0.39 is 0 Å². The highest BCUT2D eigenvalue weighted by molar-refractivity contribution is 5.27. The molecule has 0 atom stereocenters. The maximum atomic E-state index is 2.38. The molecule has 2 aromatic carbocycles. The molecule has 0 aliphatic carbocycles. The van der Waals surface area contributed by atoms with Crippen LogP contribution in [0.15, 0.2) is 48.5 Å². The topological polar surface area (TPSA) is 0 Å². The molecule has 0 fully saturated rings. The maximum Gasteiger partial charge on any atom is -0.0238 e. The van der Waals surface area contributed by atoms with E-state index in [-0.39, 0.29) is 0 Å². The number of rotatable bonds is 9. The lowest BCUT2D eigenvalue weighted by atomic mass is 9.98. The third-order valence-corrected chi connectivity index (χ3v) is 4.50. The second kappa shape index (κ2) is 9.55. The van der Waals surface area contributed by atoms with Crippen molar-refractivity contribution in [2.24, 2.45) is 5.92 Å². The molecule has 0 aliphatic rings. The van der Waals surface area contributed by atoms with Gasteiger partial charge < -0.3 is 0 Å². The summed E-state index contributed by atoms with van der Waals surface area (Å²) in [5.74, 6) is 0.817. The molecule has 0 N–H and O–H groups in total. The Balaban J connectivity index is 1.82. The molecule has 2 rings (SSSR count). The Labute approximate surface area is 143 Å². The first-order chi connectivity index (χ1) is 11.2. The molecule has 0 aromatic heterocycles. The van der Waals surface area contributed by atoms with Gasteiger partial charge in [-0.25, -0.2) is 0 Å². The summed E-state index contributed by atoms with van der Waals surface area (Å²) in [5.41, 5.74) is 5.89. The first-order valence-electron chi connectivity index (χ1n) is 9.33. The molecule has 124 valence electrons. The van der Waals surface area contributed by atoms with Crippen LogP contribution in [0.25, 0.3) is 0 Å². The fraction of sp³-hybridized carbons (Fsp3) is 0.478. The predicted molar refractivity (Wildman–Crippen MR) is 102 cm³/mol. The van der Waals surface area contributed by atoms with Crippen LogP contribution >= 0.6 is 0 Å². The lowest BCUT2D eigenvalue weighted by Gasteiger charge is -2.07. The SMILES string of the molecule is CCCc1cccc(CCc2ccc(CCCC(C)C)cc2)c1. The second-order valence-corrected chi connectivity index (χ2v) is 7.17. The van der Waals surface area contributed by atoms with Crippen molar-refractivity contribution in [1.29, 1.82) is 0 Å². The highest BCUT2D eigenvalue weighted by Crippen LogP contribution is 2.14. The molecule has 0 amide bonds. The van der Waals surface area contributed by atoms with Crippen LogP contribution in [0.1, 0.15) is 62.3 Å². The predicted octanol–water partition coefficient (Wildman–Crippen LogP) is 6.40. The Morgan fingerprint density at radius 3 is 1.87 bits per heavy atom. The molecule has 0 aliphatic heterocycles. The third-order valence-electron chi connectivity index (χ3n) is 4.50. The van der Waals surface area contributed by atoms with Gasteiger partial charge in [0.15, 0.2) is 0 Å². The molecule has 0 saturated carbocycles. The monoisotopic (exact) mass is 308 g/mol. The van der Waals surface area contributed by atoms with Gasteiger partial charge in [-0.15, -0.1) is 0 Å². The normalized spacial score (nSPS) is 11.1. The Kier molecular flexibility index (Phi) is 7.39. The van der Waals surface area contributed by atoms with Gasteiger partial charge in [-0.3, -0.25) is 0 Å². The van der Waals surface area contributed by atoms with Crippen molar-refractivity contribution in [2.45, 2.75) is 65.7 Å². The summed E-state index contributed by atoms with van der Waals surface area (Å²) in [7, 11) is 0. The van der Waals surface area contributed by atoms with Gasteiger partial charge in [0.25, 0.3) is 0 Å². The van der Waals surface area contributed by atoms with E-state index in [4.69, 9.17) is 0 Å². The van der Waals surface area contributed by atoms with Gasteiger partial charge in [-0.1, -0.05) is 82.1 Å². The van der Waals surface area contributed by atoms with Crippen molar-refractivity contribution in [1.82, 2.24) is 0 Å². The van der Waals surface area contributed by atoms with Gasteiger partial charge in [-0.05, 0) is 60.3 Å². The number of hydrogen-bond donors (Lipinski definition) is 0. The smallest absolute Gasteiger partial charge is 0.0238 e. The average molecular weight is 309 g/mol. The zero-order valence-corrected chi connectivity index (χ0v) is 15.1. The number of aryl methyl sites for hydroxylation is 4. The minimum Gasteiger partial charge on any atom is -0.0651 e. The Morgan fingerprint density at radius 2 is 1.26 bits per heavy atom. The van der Waals surface area contributed by atoms with Gasteiger partial charge in [0.05, 0.1) is 0 Å². The van der Waals surface area contributed by atoms with Gasteiger partial charge in [-0.2, -0.15) is 0 Å².